The number of aliphatic hydroxyl groups excluding tert-OH is 1. The molecule has 42 heavy (non-hydrogen) atoms. The van der Waals surface area contributed by atoms with Gasteiger partial charge in [-0.2, -0.15) is 0 Å². The predicted molar refractivity (Wildman–Crippen MR) is 155 cm³/mol. The lowest BCUT2D eigenvalue weighted by Crippen LogP contribution is -2.03. The number of benzene rings is 4. The average Bonchev–Trinajstić information content (AvgIpc) is 3.04. The van der Waals surface area contributed by atoms with Crippen LogP contribution in [0.15, 0.2) is 72.8 Å². The quantitative estimate of drug-likeness (QED) is 0.176. The van der Waals surface area contributed by atoms with Crippen molar-refractivity contribution in [1.82, 2.24) is 0 Å². The van der Waals surface area contributed by atoms with Crippen LogP contribution in [0.3, 0.4) is 0 Å². The van der Waals surface area contributed by atoms with Crippen LogP contribution < -0.4 is 9.47 Å². The number of halogens is 3. The van der Waals surface area contributed by atoms with Gasteiger partial charge in [-0.15, -0.1) is 11.6 Å². The number of carbonyl (C=O) groups excluding carboxylic acids is 2. The molecule has 0 saturated carbocycles. The van der Waals surface area contributed by atoms with Gasteiger partial charge in [-0.1, -0.05) is 12.1 Å². The third-order valence-corrected chi connectivity index (χ3v) is 6.58. The zero-order valence-corrected chi connectivity index (χ0v) is 24.1. The molecule has 0 aliphatic carbocycles. The van der Waals surface area contributed by atoms with Crippen molar-refractivity contribution in [3.05, 3.63) is 107 Å². The monoisotopic (exact) mass is 598 g/mol. The highest BCUT2D eigenvalue weighted by Crippen LogP contribution is 2.32. The van der Waals surface area contributed by atoms with E-state index in [-0.39, 0.29) is 18.3 Å². The number of hydrogen-bond donors (Lipinski definition) is 1. The highest BCUT2D eigenvalue weighted by molar-refractivity contribution is 6.17. The Morgan fingerprint density at radius 1 is 0.643 bits per heavy atom. The summed E-state index contributed by atoms with van der Waals surface area (Å²) in [5, 5.41) is 9.47. The van der Waals surface area contributed by atoms with E-state index in [0.29, 0.717) is 56.0 Å². The smallest absolute Gasteiger partial charge is 0.337 e. The molecular formula is C32H29ClF2O7. The molecule has 0 heterocycles. The van der Waals surface area contributed by atoms with Crippen molar-refractivity contribution in [1.29, 1.82) is 0 Å². The van der Waals surface area contributed by atoms with E-state index in [0.717, 1.165) is 0 Å². The summed E-state index contributed by atoms with van der Waals surface area (Å²) in [6, 6.07) is 18.3. The van der Waals surface area contributed by atoms with Crippen LogP contribution in [0, 0.1) is 11.6 Å². The number of ether oxygens (including phenoxy) is 4. The molecule has 0 saturated heterocycles. The Balaban J connectivity index is 0.000000230. The maximum atomic E-state index is 14.0. The molecule has 4 aromatic rings. The van der Waals surface area contributed by atoms with Crippen LogP contribution >= 0.6 is 11.6 Å². The molecule has 0 fully saturated rings. The van der Waals surface area contributed by atoms with E-state index < -0.39 is 17.8 Å². The fourth-order valence-corrected chi connectivity index (χ4v) is 4.34. The second kappa shape index (κ2) is 15.0. The lowest BCUT2D eigenvalue weighted by atomic mass is 9.97. The highest BCUT2D eigenvalue weighted by atomic mass is 35.5. The van der Waals surface area contributed by atoms with Crippen LogP contribution in [-0.4, -0.2) is 45.5 Å². The molecule has 10 heteroatoms. The van der Waals surface area contributed by atoms with Crippen LogP contribution in [0.2, 0.25) is 0 Å². The summed E-state index contributed by atoms with van der Waals surface area (Å²) in [7, 11) is 5.58. The van der Waals surface area contributed by atoms with Gasteiger partial charge < -0.3 is 24.1 Å². The average molecular weight is 599 g/mol. The molecule has 0 bridgehead atoms. The molecule has 7 nitrogen and oxygen atoms in total. The zero-order chi connectivity index (χ0) is 30.8. The summed E-state index contributed by atoms with van der Waals surface area (Å²) in [4.78, 5) is 23.0. The first-order chi connectivity index (χ1) is 20.2. The van der Waals surface area contributed by atoms with Crippen molar-refractivity contribution in [2.45, 2.75) is 12.5 Å². The normalized spacial score (nSPS) is 10.3. The SMILES string of the molecule is COC(=O)c1ccc(-c2cc(OC)ccc2F)c(CCl)c1.COC(=O)c1ccc(-c2cc(OC)ccc2F)c(CO)c1. The second-order valence-electron chi connectivity index (χ2n) is 8.71. The Bertz CT molecular complexity index is 1460. The van der Waals surface area contributed by atoms with Crippen molar-refractivity contribution in [3.63, 3.8) is 0 Å². The van der Waals surface area contributed by atoms with Gasteiger partial charge in [-0.05, 0) is 82.9 Å². The minimum absolute atomic E-state index is 0.150. The fourth-order valence-electron chi connectivity index (χ4n) is 4.12. The Hall–Kier alpha value is -4.47. The number of aliphatic hydroxyl groups is 1. The van der Waals surface area contributed by atoms with Crippen molar-refractivity contribution in [2.24, 2.45) is 0 Å². The van der Waals surface area contributed by atoms with Crippen LogP contribution in [0.1, 0.15) is 31.8 Å². The number of rotatable bonds is 8. The van der Waals surface area contributed by atoms with Gasteiger partial charge in [0.05, 0.1) is 46.2 Å². The molecule has 0 radical (unpaired) electrons. The number of hydrogen-bond acceptors (Lipinski definition) is 7. The van der Waals surface area contributed by atoms with Crippen LogP contribution in [0.5, 0.6) is 11.5 Å². The van der Waals surface area contributed by atoms with Crippen molar-refractivity contribution < 1.29 is 42.4 Å². The minimum atomic E-state index is -0.512. The minimum Gasteiger partial charge on any atom is -0.497 e. The molecule has 0 amide bonds. The third-order valence-electron chi connectivity index (χ3n) is 6.29. The Morgan fingerprint density at radius 3 is 1.45 bits per heavy atom. The summed E-state index contributed by atoms with van der Waals surface area (Å²) < 4.78 is 47.5. The largest absolute Gasteiger partial charge is 0.497 e. The molecule has 4 aromatic carbocycles. The van der Waals surface area contributed by atoms with E-state index in [1.165, 1.54) is 58.8 Å². The second-order valence-corrected chi connectivity index (χ2v) is 8.98. The summed E-state index contributed by atoms with van der Waals surface area (Å²) in [5.74, 6) is -0.585. The van der Waals surface area contributed by atoms with Gasteiger partial charge >= 0.3 is 11.9 Å². The van der Waals surface area contributed by atoms with Gasteiger partial charge in [0, 0.05) is 17.0 Å². The Kier molecular flexibility index (Phi) is 11.4. The summed E-state index contributed by atoms with van der Waals surface area (Å²) in [5.41, 5.74) is 3.55. The number of esters is 2. The molecule has 0 atom stereocenters. The lowest BCUT2D eigenvalue weighted by Gasteiger charge is -2.11. The van der Waals surface area contributed by atoms with Gasteiger partial charge in [0.15, 0.2) is 0 Å². The molecule has 4 rings (SSSR count). The molecule has 0 aliphatic heterocycles. The van der Waals surface area contributed by atoms with E-state index in [2.05, 4.69) is 9.47 Å². The van der Waals surface area contributed by atoms with Crippen LogP contribution in [-0.2, 0) is 22.0 Å². The number of methoxy groups -OCH3 is 4. The molecule has 1 N–H and O–H groups in total. The summed E-state index contributed by atoms with van der Waals surface area (Å²) in [6.45, 7) is -0.323. The maximum absolute atomic E-state index is 14.0. The number of alkyl halides is 1. The molecule has 0 aliphatic rings. The van der Waals surface area contributed by atoms with Crippen molar-refractivity contribution in [3.8, 4) is 33.8 Å². The number of carbonyl (C=O) groups is 2. The van der Waals surface area contributed by atoms with E-state index in [9.17, 15) is 23.5 Å². The summed E-state index contributed by atoms with van der Waals surface area (Å²) >= 11 is 5.92. The van der Waals surface area contributed by atoms with E-state index in [4.69, 9.17) is 21.1 Å². The van der Waals surface area contributed by atoms with Gasteiger partial charge in [-0.3, -0.25) is 0 Å². The molecule has 220 valence electrons. The third kappa shape index (κ3) is 7.43. The molecule has 0 unspecified atom stereocenters. The highest BCUT2D eigenvalue weighted by Gasteiger charge is 2.16. The van der Waals surface area contributed by atoms with Crippen LogP contribution in [0.4, 0.5) is 8.78 Å². The van der Waals surface area contributed by atoms with Crippen molar-refractivity contribution in [2.75, 3.05) is 28.4 Å². The van der Waals surface area contributed by atoms with E-state index in [1.54, 1.807) is 42.5 Å². The van der Waals surface area contributed by atoms with Gasteiger partial charge in [0.25, 0.3) is 0 Å². The first-order valence-electron chi connectivity index (χ1n) is 12.5. The lowest BCUT2D eigenvalue weighted by molar-refractivity contribution is 0.0591. The van der Waals surface area contributed by atoms with Gasteiger partial charge in [0.2, 0.25) is 0 Å². The zero-order valence-electron chi connectivity index (χ0n) is 23.4. The van der Waals surface area contributed by atoms with Gasteiger partial charge in [0.1, 0.15) is 23.1 Å². The molecule has 0 aromatic heterocycles. The van der Waals surface area contributed by atoms with Gasteiger partial charge in [-0.25, -0.2) is 18.4 Å². The first kappa shape index (κ1) is 32.0. The summed E-state index contributed by atoms with van der Waals surface area (Å²) in [6.07, 6.45) is 0. The Labute approximate surface area is 247 Å². The van der Waals surface area contributed by atoms with Crippen molar-refractivity contribution >= 4 is 23.5 Å². The maximum Gasteiger partial charge on any atom is 0.337 e. The fraction of sp³-hybridized carbons (Fsp3) is 0.188. The standard InChI is InChI=1S/C16H14ClFO3.C16H15FO4/c1-20-12-4-6-15(18)14(8-12)13-5-3-10(16(19)21-2)7-11(13)9-17;1-20-12-4-6-15(17)14(8-12)13-5-3-10(16(19)21-2)7-11(13)9-18/h3-8H,9H2,1-2H3;3-8,18H,9H2,1-2H3. The van der Waals surface area contributed by atoms with Crippen LogP contribution in [0.25, 0.3) is 22.3 Å². The molecular weight excluding hydrogens is 570 g/mol. The Morgan fingerprint density at radius 2 is 1.07 bits per heavy atom. The molecule has 0 spiro atoms. The van der Waals surface area contributed by atoms with E-state index >= 15 is 0 Å². The predicted octanol–water partition coefficient (Wildman–Crippen LogP) is 6.81. The van der Waals surface area contributed by atoms with E-state index in [1.807, 2.05) is 0 Å². The topological polar surface area (TPSA) is 91.3 Å². The first-order valence-corrected chi connectivity index (χ1v) is 13.0.